The molecule has 0 aliphatic carbocycles. The number of hydrogen-bond donors (Lipinski definition) is 2. The summed E-state index contributed by atoms with van der Waals surface area (Å²) in [7, 11) is 0. The molecule has 0 bridgehead atoms. The van der Waals surface area contributed by atoms with E-state index >= 15 is 0 Å². The molecule has 0 radical (unpaired) electrons. The van der Waals surface area contributed by atoms with Crippen LogP contribution < -0.4 is 5.32 Å². The van der Waals surface area contributed by atoms with Gasteiger partial charge in [-0.1, -0.05) is 17.7 Å². The van der Waals surface area contributed by atoms with Crippen molar-refractivity contribution in [3.63, 3.8) is 0 Å². The van der Waals surface area contributed by atoms with Gasteiger partial charge in [-0.2, -0.15) is 0 Å². The van der Waals surface area contributed by atoms with Crippen molar-refractivity contribution in [1.82, 2.24) is 4.98 Å². The van der Waals surface area contributed by atoms with Crippen molar-refractivity contribution < 1.29 is 9.90 Å². The number of aryl methyl sites for hydroxylation is 1. The third-order valence-electron chi connectivity index (χ3n) is 2.71. The van der Waals surface area contributed by atoms with Crippen molar-refractivity contribution in [2.75, 3.05) is 5.32 Å². The Balaban J connectivity index is 2.17. The summed E-state index contributed by atoms with van der Waals surface area (Å²) >= 11 is 1.37. The Bertz CT molecular complexity index is 552. The molecule has 1 unspecified atom stereocenters. The van der Waals surface area contributed by atoms with Crippen LogP contribution in [0.1, 0.15) is 24.0 Å². The van der Waals surface area contributed by atoms with Crippen LogP contribution in [0.5, 0.6) is 5.75 Å². The van der Waals surface area contributed by atoms with Crippen LogP contribution in [-0.2, 0) is 4.79 Å². The molecule has 0 saturated carbocycles. The number of carbonyl (C=O) groups excluding carboxylic acids is 1. The van der Waals surface area contributed by atoms with Crippen molar-refractivity contribution in [3.8, 4) is 5.75 Å². The van der Waals surface area contributed by atoms with Gasteiger partial charge in [0.1, 0.15) is 5.75 Å². The molecule has 2 rings (SSSR count). The lowest BCUT2D eigenvalue weighted by Gasteiger charge is -2.13. The van der Waals surface area contributed by atoms with Crippen LogP contribution in [0, 0.1) is 6.92 Å². The molecule has 1 aromatic carbocycles. The third-order valence-corrected chi connectivity index (χ3v) is 3.39. The minimum atomic E-state index is -0.422. The Morgan fingerprint density at radius 3 is 2.94 bits per heavy atom. The fourth-order valence-electron chi connectivity index (χ4n) is 1.66. The van der Waals surface area contributed by atoms with Crippen LogP contribution in [0.4, 0.5) is 5.13 Å². The molecule has 1 heterocycles. The summed E-state index contributed by atoms with van der Waals surface area (Å²) in [5, 5.41) is 14.9. The first-order valence-electron chi connectivity index (χ1n) is 5.58. The van der Waals surface area contributed by atoms with Gasteiger partial charge < -0.3 is 10.4 Å². The minimum Gasteiger partial charge on any atom is -0.508 e. The van der Waals surface area contributed by atoms with E-state index < -0.39 is 5.92 Å². The van der Waals surface area contributed by atoms with Gasteiger partial charge in [0.15, 0.2) is 5.13 Å². The largest absolute Gasteiger partial charge is 0.508 e. The number of hydrogen-bond acceptors (Lipinski definition) is 4. The first kappa shape index (κ1) is 12.6. The zero-order valence-corrected chi connectivity index (χ0v) is 11.0. The number of amides is 1. The van der Waals surface area contributed by atoms with E-state index in [1.807, 2.05) is 19.1 Å². The van der Waals surface area contributed by atoms with Gasteiger partial charge in [0.2, 0.25) is 5.91 Å². The van der Waals surface area contributed by atoms with Gasteiger partial charge in [0.25, 0.3) is 0 Å². The molecule has 0 spiro atoms. The molecule has 0 saturated heterocycles. The highest BCUT2D eigenvalue weighted by molar-refractivity contribution is 7.13. The molecule has 18 heavy (non-hydrogen) atoms. The number of aromatic nitrogens is 1. The number of anilines is 1. The van der Waals surface area contributed by atoms with E-state index in [9.17, 15) is 9.90 Å². The Kier molecular flexibility index (Phi) is 3.62. The summed E-state index contributed by atoms with van der Waals surface area (Å²) in [5.74, 6) is -0.456. The lowest BCUT2D eigenvalue weighted by atomic mass is 9.97. The average Bonchev–Trinajstić information content (AvgIpc) is 2.84. The molecule has 1 atom stereocenters. The smallest absolute Gasteiger partial charge is 0.233 e. The highest BCUT2D eigenvalue weighted by atomic mass is 32.1. The number of thiazole rings is 1. The monoisotopic (exact) mass is 262 g/mol. The number of rotatable bonds is 3. The number of phenols is 1. The maximum Gasteiger partial charge on any atom is 0.233 e. The van der Waals surface area contributed by atoms with Gasteiger partial charge >= 0.3 is 0 Å². The normalized spacial score (nSPS) is 12.1. The van der Waals surface area contributed by atoms with Crippen LogP contribution in [0.2, 0.25) is 0 Å². The Morgan fingerprint density at radius 2 is 2.28 bits per heavy atom. The molecule has 1 amide bonds. The number of nitrogens with zero attached hydrogens (tertiary/aromatic N) is 1. The predicted molar refractivity (Wildman–Crippen MR) is 72.0 cm³/mol. The molecule has 0 fully saturated rings. The first-order valence-corrected chi connectivity index (χ1v) is 6.46. The van der Waals surface area contributed by atoms with Crippen molar-refractivity contribution in [3.05, 3.63) is 40.9 Å². The van der Waals surface area contributed by atoms with Gasteiger partial charge in [-0.15, -0.1) is 11.3 Å². The number of benzene rings is 1. The first-order chi connectivity index (χ1) is 8.58. The second kappa shape index (κ2) is 5.18. The maximum absolute atomic E-state index is 12.0. The van der Waals surface area contributed by atoms with Crippen molar-refractivity contribution in [1.29, 1.82) is 0 Å². The number of nitrogens with one attached hydrogen (secondary N) is 1. The van der Waals surface area contributed by atoms with Gasteiger partial charge in [-0.05, 0) is 19.9 Å². The molecule has 4 nitrogen and oxygen atoms in total. The fourth-order valence-corrected chi connectivity index (χ4v) is 2.19. The number of phenolic OH excluding ortho intramolecular Hbond substituents is 1. The van der Waals surface area contributed by atoms with Crippen molar-refractivity contribution in [2.45, 2.75) is 19.8 Å². The highest BCUT2D eigenvalue weighted by Crippen LogP contribution is 2.27. The van der Waals surface area contributed by atoms with Crippen LogP contribution in [-0.4, -0.2) is 16.0 Å². The standard InChI is InChI=1S/C13H14N2O2S/c1-8-3-4-11(16)10(7-8)9(2)12(17)15-13-14-5-6-18-13/h3-7,9,16H,1-2H3,(H,14,15,17). The Labute approximate surface area is 109 Å². The average molecular weight is 262 g/mol. The van der Waals surface area contributed by atoms with E-state index in [1.165, 1.54) is 11.3 Å². The SMILES string of the molecule is Cc1ccc(O)c(C(C)C(=O)Nc2nccs2)c1. The molecule has 0 aliphatic heterocycles. The van der Waals surface area contributed by atoms with Crippen LogP contribution in [0.15, 0.2) is 29.8 Å². The Hall–Kier alpha value is -1.88. The van der Waals surface area contributed by atoms with Crippen LogP contribution in [0.25, 0.3) is 0 Å². The zero-order chi connectivity index (χ0) is 13.1. The van der Waals surface area contributed by atoms with Gasteiger partial charge in [-0.25, -0.2) is 4.98 Å². The van der Waals surface area contributed by atoms with E-state index in [2.05, 4.69) is 10.3 Å². The fraction of sp³-hybridized carbons (Fsp3) is 0.231. The summed E-state index contributed by atoms with van der Waals surface area (Å²) in [6.07, 6.45) is 1.63. The minimum absolute atomic E-state index is 0.141. The molecule has 5 heteroatoms. The lowest BCUT2D eigenvalue weighted by Crippen LogP contribution is -2.18. The van der Waals surface area contributed by atoms with E-state index in [0.717, 1.165) is 5.56 Å². The van der Waals surface area contributed by atoms with E-state index in [0.29, 0.717) is 10.7 Å². The zero-order valence-electron chi connectivity index (χ0n) is 10.2. The topological polar surface area (TPSA) is 62.2 Å². The number of carbonyl (C=O) groups is 1. The predicted octanol–water partition coefficient (Wildman–Crippen LogP) is 2.90. The summed E-state index contributed by atoms with van der Waals surface area (Å²) in [4.78, 5) is 16.0. The second-order valence-electron chi connectivity index (χ2n) is 4.11. The van der Waals surface area contributed by atoms with E-state index in [1.54, 1.807) is 24.6 Å². The van der Waals surface area contributed by atoms with Gasteiger partial charge in [-0.3, -0.25) is 4.79 Å². The maximum atomic E-state index is 12.0. The van der Waals surface area contributed by atoms with Gasteiger partial charge in [0.05, 0.1) is 5.92 Å². The van der Waals surface area contributed by atoms with Crippen molar-refractivity contribution >= 4 is 22.4 Å². The van der Waals surface area contributed by atoms with Crippen LogP contribution >= 0.6 is 11.3 Å². The molecular weight excluding hydrogens is 248 g/mol. The lowest BCUT2D eigenvalue weighted by molar-refractivity contribution is -0.117. The summed E-state index contributed by atoms with van der Waals surface area (Å²) in [6, 6.07) is 5.24. The molecule has 94 valence electrons. The molecular formula is C13H14N2O2S. The van der Waals surface area contributed by atoms with Crippen molar-refractivity contribution in [2.24, 2.45) is 0 Å². The Morgan fingerprint density at radius 1 is 1.50 bits per heavy atom. The summed E-state index contributed by atoms with van der Waals surface area (Å²) < 4.78 is 0. The van der Waals surface area contributed by atoms with Gasteiger partial charge in [0, 0.05) is 17.1 Å². The quantitative estimate of drug-likeness (QED) is 0.894. The number of aromatic hydroxyl groups is 1. The summed E-state index contributed by atoms with van der Waals surface area (Å²) in [6.45, 7) is 3.69. The third kappa shape index (κ3) is 2.68. The molecule has 1 aromatic heterocycles. The summed E-state index contributed by atoms with van der Waals surface area (Å²) in [5.41, 5.74) is 1.64. The highest BCUT2D eigenvalue weighted by Gasteiger charge is 2.19. The van der Waals surface area contributed by atoms with E-state index in [4.69, 9.17) is 0 Å². The van der Waals surface area contributed by atoms with E-state index in [-0.39, 0.29) is 11.7 Å². The molecule has 2 N–H and O–H groups in total. The molecule has 0 aliphatic rings. The second-order valence-corrected chi connectivity index (χ2v) is 5.01. The molecule has 2 aromatic rings. The van der Waals surface area contributed by atoms with Crippen LogP contribution in [0.3, 0.4) is 0 Å².